The van der Waals surface area contributed by atoms with Crippen molar-refractivity contribution in [2.45, 2.75) is 6.29 Å². The maximum Gasteiger partial charge on any atom is 0.181 e. The summed E-state index contributed by atoms with van der Waals surface area (Å²) in [6, 6.07) is 32.6. The minimum atomic E-state index is 0.143. The fraction of sp³-hybridized carbons (Fsp3) is 0.280. The lowest BCUT2D eigenvalue weighted by molar-refractivity contribution is 0.243. The van der Waals surface area contributed by atoms with E-state index in [1.165, 1.54) is 17.1 Å². The van der Waals surface area contributed by atoms with Gasteiger partial charge in [0.25, 0.3) is 0 Å². The highest BCUT2D eigenvalue weighted by Crippen LogP contribution is 2.31. The summed E-state index contributed by atoms with van der Waals surface area (Å²) in [4.78, 5) is 10.3. The van der Waals surface area contributed by atoms with Crippen molar-refractivity contribution in [2.24, 2.45) is 0 Å². The van der Waals surface area contributed by atoms with Gasteiger partial charge < -0.3 is 14.7 Å². The topological polar surface area (TPSA) is 13.0 Å². The number of nitrogens with zero attached hydrogens (tertiary/aromatic N) is 4. The van der Waals surface area contributed by atoms with Crippen LogP contribution in [0.25, 0.3) is 0 Å². The fourth-order valence-electron chi connectivity index (χ4n) is 4.58. The van der Waals surface area contributed by atoms with Crippen LogP contribution in [0.5, 0.6) is 0 Å². The van der Waals surface area contributed by atoms with Crippen molar-refractivity contribution < 1.29 is 0 Å². The van der Waals surface area contributed by atoms with E-state index in [1.807, 2.05) is 0 Å². The second kappa shape index (κ2) is 8.18. The first-order valence-corrected chi connectivity index (χ1v) is 10.6. The van der Waals surface area contributed by atoms with Crippen LogP contribution in [0.3, 0.4) is 0 Å². The third-order valence-electron chi connectivity index (χ3n) is 6.07. The molecule has 3 aliphatic heterocycles. The van der Waals surface area contributed by atoms with Crippen LogP contribution in [0.15, 0.2) is 91.0 Å². The van der Waals surface area contributed by atoms with Gasteiger partial charge in [0.2, 0.25) is 0 Å². The Hall–Kier alpha value is -2.98. The van der Waals surface area contributed by atoms with E-state index in [0.717, 1.165) is 39.3 Å². The molecule has 3 heterocycles. The predicted molar refractivity (Wildman–Crippen MR) is 122 cm³/mol. The quantitative estimate of drug-likeness (QED) is 0.673. The maximum absolute atomic E-state index is 2.61. The molecule has 29 heavy (non-hydrogen) atoms. The molecule has 3 aromatic rings. The first-order valence-electron chi connectivity index (χ1n) is 10.6. The van der Waals surface area contributed by atoms with Gasteiger partial charge in [-0.1, -0.05) is 54.6 Å². The monoisotopic (exact) mass is 384 g/mol. The van der Waals surface area contributed by atoms with Gasteiger partial charge in [0, 0.05) is 56.3 Å². The van der Waals surface area contributed by atoms with E-state index in [9.17, 15) is 0 Å². The largest absolute Gasteiger partial charge is 0.333 e. The van der Waals surface area contributed by atoms with Gasteiger partial charge in [-0.25, -0.2) is 0 Å². The Morgan fingerprint density at radius 2 is 0.724 bits per heavy atom. The molecule has 0 unspecified atom stereocenters. The summed E-state index contributed by atoms with van der Waals surface area (Å²) >= 11 is 0. The summed E-state index contributed by atoms with van der Waals surface area (Å²) in [7, 11) is 0. The molecule has 0 N–H and O–H groups in total. The molecule has 2 bridgehead atoms. The summed E-state index contributed by atoms with van der Waals surface area (Å²) in [5, 5.41) is 0. The van der Waals surface area contributed by atoms with Gasteiger partial charge in [0.05, 0.1) is 0 Å². The molecule has 0 aromatic heterocycles. The SMILES string of the molecule is c1ccc(N2CCN3CCN(c4ccccc4)C2N(c2ccccc2)CC3)cc1. The molecule has 0 amide bonds. The van der Waals surface area contributed by atoms with Crippen LogP contribution in [0.2, 0.25) is 0 Å². The summed E-state index contributed by atoms with van der Waals surface area (Å²) in [6.07, 6.45) is 0.143. The highest BCUT2D eigenvalue weighted by atomic mass is 15.5. The van der Waals surface area contributed by atoms with Gasteiger partial charge in [-0.15, -0.1) is 0 Å². The molecule has 3 saturated heterocycles. The molecule has 4 heteroatoms. The van der Waals surface area contributed by atoms with E-state index >= 15 is 0 Å². The molecule has 4 nitrogen and oxygen atoms in total. The zero-order chi connectivity index (χ0) is 19.5. The zero-order valence-electron chi connectivity index (χ0n) is 16.8. The molecule has 3 aliphatic rings. The molecule has 0 spiro atoms. The second-order valence-corrected chi connectivity index (χ2v) is 7.77. The number of rotatable bonds is 3. The van der Waals surface area contributed by atoms with Crippen LogP contribution in [-0.2, 0) is 0 Å². The Morgan fingerprint density at radius 3 is 1.03 bits per heavy atom. The molecule has 6 rings (SSSR count). The van der Waals surface area contributed by atoms with Gasteiger partial charge >= 0.3 is 0 Å². The molecule has 3 fully saturated rings. The zero-order valence-corrected chi connectivity index (χ0v) is 16.8. The lowest BCUT2D eigenvalue weighted by Crippen LogP contribution is -2.66. The second-order valence-electron chi connectivity index (χ2n) is 7.77. The summed E-state index contributed by atoms with van der Waals surface area (Å²) in [5.74, 6) is 0. The predicted octanol–water partition coefficient (Wildman–Crippen LogP) is 4.12. The van der Waals surface area contributed by atoms with Crippen molar-refractivity contribution in [3.63, 3.8) is 0 Å². The van der Waals surface area contributed by atoms with Crippen LogP contribution in [0, 0.1) is 0 Å². The summed E-state index contributed by atoms with van der Waals surface area (Å²) in [6.45, 7) is 6.37. The Kier molecular flexibility index (Phi) is 5.10. The van der Waals surface area contributed by atoms with Crippen LogP contribution in [0.4, 0.5) is 17.1 Å². The Labute approximate surface area is 173 Å². The highest BCUT2D eigenvalue weighted by Gasteiger charge is 2.36. The molecule has 0 atom stereocenters. The molecule has 3 aromatic carbocycles. The third kappa shape index (κ3) is 3.68. The fourth-order valence-corrected chi connectivity index (χ4v) is 4.58. The Morgan fingerprint density at radius 1 is 0.414 bits per heavy atom. The van der Waals surface area contributed by atoms with Gasteiger partial charge in [-0.2, -0.15) is 0 Å². The molecule has 0 radical (unpaired) electrons. The van der Waals surface area contributed by atoms with Crippen molar-refractivity contribution in [3.8, 4) is 0 Å². The van der Waals surface area contributed by atoms with Crippen molar-refractivity contribution in [1.82, 2.24) is 4.90 Å². The smallest absolute Gasteiger partial charge is 0.181 e. The lowest BCUT2D eigenvalue weighted by atomic mass is 10.1. The first kappa shape index (κ1) is 18.1. The minimum absolute atomic E-state index is 0.143. The van der Waals surface area contributed by atoms with E-state index < -0.39 is 0 Å². The van der Waals surface area contributed by atoms with E-state index in [0.29, 0.717) is 0 Å². The summed E-state index contributed by atoms with van der Waals surface area (Å²) < 4.78 is 0. The van der Waals surface area contributed by atoms with Crippen molar-refractivity contribution in [3.05, 3.63) is 91.0 Å². The van der Waals surface area contributed by atoms with Crippen molar-refractivity contribution in [1.29, 1.82) is 0 Å². The van der Waals surface area contributed by atoms with Gasteiger partial charge in [0.15, 0.2) is 6.29 Å². The summed E-state index contributed by atoms with van der Waals surface area (Å²) in [5.41, 5.74) is 3.84. The average Bonchev–Trinajstić information content (AvgIpc) is 2.75. The van der Waals surface area contributed by atoms with Crippen LogP contribution < -0.4 is 14.7 Å². The van der Waals surface area contributed by atoms with Gasteiger partial charge in [0.1, 0.15) is 0 Å². The van der Waals surface area contributed by atoms with E-state index in [1.54, 1.807) is 0 Å². The number of fused-ring (bicyclic) bond motifs is 6. The van der Waals surface area contributed by atoms with E-state index in [-0.39, 0.29) is 6.29 Å². The van der Waals surface area contributed by atoms with E-state index in [2.05, 4.69) is 111 Å². The van der Waals surface area contributed by atoms with Crippen molar-refractivity contribution >= 4 is 17.1 Å². The highest BCUT2D eigenvalue weighted by molar-refractivity contribution is 5.60. The van der Waals surface area contributed by atoms with Gasteiger partial charge in [-0.3, -0.25) is 4.90 Å². The number of para-hydroxylation sites is 3. The van der Waals surface area contributed by atoms with Crippen LogP contribution in [-0.4, -0.2) is 50.5 Å². The first-order chi connectivity index (χ1) is 14.4. The number of benzene rings is 3. The minimum Gasteiger partial charge on any atom is -0.333 e. The molecule has 0 aliphatic carbocycles. The van der Waals surface area contributed by atoms with Crippen molar-refractivity contribution in [2.75, 3.05) is 54.0 Å². The molecule has 0 saturated carbocycles. The number of hydrogen-bond acceptors (Lipinski definition) is 4. The Balaban J connectivity index is 1.65. The lowest BCUT2D eigenvalue weighted by Gasteiger charge is -2.53. The van der Waals surface area contributed by atoms with E-state index in [4.69, 9.17) is 0 Å². The van der Waals surface area contributed by atoms with Crippen LogP contribution >= 0.6 is 0 Å². The Bertz CT molecular complexity index is 777. The third-order valence-corrected chi connectivity index (χ3v) is 6.07. The molecular formula is C25H28N4. The maximum atomic E-state index is 2.61. The normalized spacial score (nSPS) is 22.1. The molecular weight excluding hydrogens is 356 g/mol. The number of hydrogen-bond donors (Lipinski definition) is 0. The molecule has 148 valence electrons. The number of anilines is 3. The van der Waals surface area contributed by atoms with Crippen LogP contribution in [0.1, 0.15) is 0 Å². The standard InChI is InChI=1S/C25H28N4/c1-4-10-22(11-5-1)27-19-16-26-17-20-28(23-12-6-2-7-13-23)25(27)29(21-18-26)24-14-8-3-9-15-24/h1-15,25H,16-21H2. The van der Waals surface area contributed by atoms with Gasteiger partial charge in [-0.05, 0) is 36.4 Å². The average molecular weight is 385 g/mol.